The fraction of sp³-hybridized carbons (Fsp3) is 0.857. The van der Waals surface area contributed by atoms with Crippen LogP contribution in [-0.2, 0) is 28.2 Å². The van der Waals surface area contributed by atoms with Gasteiger partial charge in [0.05, 0.1) is 19.3 Å². The Balaban J connectivity index is 1.88. The van der Waals surface area contributed by atoms with Crippen molar-refractivity contribution >= 4 is 14.3 Å². The maximum Gasteiger partial charge on any atom is 0.338 e. The topological polar surface area (TPSA) is 63.2 Å². The second-order valence-corrected chi connectivity index (χ2v) is 13.0. The molecule has 7 heteroatoms. The van der Waals surface area contributed by atoms with Gasteiger partial charge >= 0.3 is 5.97 Å². The molecule has 0 unspecified atom stereocenters. The summed E-state index contributed by atoms with van der Waals surface area (Å²) in [7, 11) is -0.381. The summed E-state index contributed by atoms with van der Waals surface area (Å²) in [6.45, 7) is 8.81. The van der Waals surface area contributed by atoms with Gasteiger partial charge in [-0.3, -0.25) is 0 Å². The van der Waals surface area contributed by atoms with Crippen LogP contribution in [-0.4, -0.2) is 52.1 Å². The zero-order valence-corrected chi connectivity index (χ0v) is 19.0. The zero-order valence-electron chi connectivity index (χ0n) is 18.0. The van der Waals surface area contributed by atoms with E-state index in [4.69, 9.17) is 23.4 Å². The lowest BCUT2D eigenvalue weighted by Crippen LogP contribution is -2.51. The van der Waals surface area contributed by atoms with E-state index in [1.54, 1.807) is 14.0 Å². The van der Waals surface area contributed by atoms with E-state index < -0.39 is 26.3 Å². The molecule has 0 N–H and O–H groups in total. The minimum atomic E-state index is -1.97. The van der Waals surface area contributed by atoms with Crippen LogP contribution in [0.4, 0.5) is 0 Å². The first-order valence-corrected chi connectivity index (χ1v) is 13.4. The van der Waals surface area contributed by atoms with Gasteiger partial charge < -0.3 is 23.4 Å². The summed E-state index contributed by atoms with van der Waals surface area (Å²) in [5.41, 5.74) is 0.518. The number of carbonyl (C=O) groups excluding carboxylic acids is 1. The molecule has 1 aliphatic carbocycles. The highest BCUT2D eigenvalue weighted by molar-refractivity contribution is 6.73. The highest BCUT2D eigenvalue weighted by Gasteiger charge is 2.52. The molecule has 0 aromatic heterocycles. The van der Waals surface area contributed by atoms with Gasteiger partial charge in [-0.25, -0.2) is 4.79 Å². The third-order valence-electron chi connectivity index (χ3n) is 6.86. The number of methoxy groups -OCH3 is 1. The molecule has 0 aromatic rings. The maximum absolute atomic E-state index is 12.3. The number of hydrogen-bond donors (Lipinski definition) is 0. The molecule has 160 valence electrons. The summed E-state index contributed by atoms with van der Waals surface area (Å²) in [5, 5.41) is 0. The van der Waals surface area contributed by atoms with Crippen molar-refractivity contribution in [2.45, 2.75) is 102 Å². The summed E-state index contributed by atoms with van der Waals surface area (Å²) in [4.78, 5) is 12.3. The molecule has 28 heavy (non-hydrogen) atoms. The molecular formula is C21H36O6Si. The quantitative estimate of drug-likeness (QED) is 0.437. The number of carbonyl (C=O) groups is 1. The molecule has 6 nitrogen and oxygen atoms in total. The van der Waals surface area contributed by atoms with Crippen molar-refractivity contribution in [2.24, 2.45) is 0 Å². The van der Waals surface area contributed by atoms with Gasteiger partial charge in [-0.1, -0.05) is 27.2 Å². The highest BCUT2D eigenvalue weighted by Crippen LogP contribution is 2.42. The van der Waals surface area contributed by atoms with Gasteiger partial charge in [0.15, 0.2) is 20.2 Å². The van der Waals surface area contributed by atoms with Crippen molar-refractivity contribution in [3.63, 3.8) is 0 Å². The van der Waals surface area contributed by atoms with E-state index in [1.165, 1.54) is 6.42 Å². The monoisotopic (exact) mass is 412 g/mol. The predicted octanol–water partition coefficient (Wildman–Crippen LogP) is 4.30. The Morgan fingerprint density at radius 3 is 2.36 bits per heavy atom. The third kappa shape index (κ3) is 4.04. The summed E-state index contributed by atoms with van der Waals surface area (Å²) in [6, 6.07) is 3.04. The first-order valence-electron chi connectivity index (χ1n) is 10.9. The van der Waals surface area contributed by atoms with Crippen molar-refractivity contribution in [1.82, 2.24) is 0 Å². The Bertz CT molecular complexity index is 585. The smallest absolute Gasteiger partial charge is 0.338 e. The Labute approximate surface area is 170 Å². The van der Waals surface area contributed by atoms with E-state index >= 15 is 0 Å². The molecule has 0 bridgehead atoms. The number of ether oxygens (including phenoxy) is 4. The predicted molar refractivity (Wildman–Crippen MR) is 108 cm³/mol. The molecule has 1 saturated carbocycles. The lowest BCUT2D eigenvalue weighted by atomic mass is 9.94. The standard InChI is InChI=1S/C21H36O6Si/c1-6-28(7-2,8-3)27-18(19-17(23-5)15(4)20(22)25-19)16-14-24-21(26-16)12-10-9-11-13-21/h16,18-19H,6-14H2,1-5H3/t16-,18-,19-/m1/s1. The number of esters is 1. The Kier molecular flexibility index (Phi) is 6.90. The second-order valence-electron chi connectivity index (χ2n) is 8.28. The average molecular weight is 413 g/mol. The third-order valence-corrected chi connectivity index (χ3v) is 11.5. The van der Waals surface area contributed by atoms with Crippen molar-refractivity contribution in [1.29, 1.82) is 0 Å². The van der Waals surface area contributed by atoms with Crippen LogP contribution in [0.15, 0.2) is 11.3 Å². The molecule has 0 aromatic carbocycles. The Morgan fingerprint density at radius 1 is 1.14 bits per heavy atom. The summed E-state index contributed by atoms with van der Waals surface area (Å²) >= 11 is 0. The minimum Gasteiger partial charge on any atom is -0.496 e. The van der Waals surface area contributed by atoms with E-state index in [0.717, 1.165) is 43.8 Å². The van der Waals surface area contributed by atoms with Crippen LogP contribution in [0.5, 0.6) is 0 Å². The van der Waals surface area contributed by atoms with Gasteiger partial charge in [0.1, 0.15) is 18.0 Å². The van der Waals surface area contributed by atoms with Crippen LogP contribution in [0.1, 0.15) is 59.8 Å². The summed E-state index contributed by atoms with van der Waals surface area (Å²) < 4.78 is 30.9. The van der Waals surface area contributed by atoms with Crippen LogP contribution in [0.2, 0.25) is 18.1 Å². The van der Waals surface area contributed by atoms with Crippen LogP contribution < -0.4 is 0 Å². The Hall–Kier alpha value is -0.893. The van der Waals surface area contributed by atoms with Crippen LogP contribution in [0.3, 0.4) is 0 Å². The molecule has 2 fully saturated rings. The molecule has 2 aliphatic heterocycles. The number of cyclic esters (lactones) is 1. The average Bonchev–Trinajstić information content (AvgIpc) is 3.25. The van der Waals surface area contributed by atoms with Crippen molar-refractivity contribution in [2.75, 3.05) is 13.7 Å². The van der Waals surface area contributed by atoms with Gasteiger partial charge in [0.2, 0.25) is 0 Å². The normalized spacial score (nSPS) is 28.7. The molecule has 1 spiro atoms. The lowest BCUT2D eigenvalue weighted by molar-refractivity contribution is -0.200. The maximum atomic E-state index is 12.3. The fourth-order valence-corrected chi connectivity index (χ4v) is 7.62. The fourth-order valence-electron chi connectivity index (χ4n) is 4.77. The van der Waals surface area contributed by atoms with Crippen molar-refractivity contribution in [3.05, 3.63) is 11.3 Å². The van der Waals surface area contributed by atoms with Crippen LogP contribution >= 0.6 is 0 Å². The van der Waals surface area contributed by atoms with Gasteiger partial charge in [-0.05, 0) is 37.9 Å². The van der Waals surface area contributed by atoms with Gasteiger partial charge in [0, 0.05) is 12.8 Å². The van der Waals surface area contributed by atoms with E-state index in [2.05, 4.69) is 20.8 Å². The largest absolute Gasteiger partial charge is 0.496 e. The minimum absolute atomic E-state index is 0.261. The first kappa shape index (κ1) is 21.8. The SMILES string of the molecule is CC[Si](CC)(CC)O[C@@H]([C@@H]1OC(=O)C(C)=C1OC)[C@H]1COC2(CCCCC2)O1. The van der Waals surface area contributed by atoms with E-state index in [1.807, 2.05) is 0 Å². The van der Waals surface area contributed by atoms with Crippen LogP contribution in [0, 0.1) is 0 Å². The zero-order chi connectivity index (χ0) is 20.4. The summed E-state index contributed by atoms with van der Waals surface area (Å²) in [5.74, 6) is -0.263. The highest BCUT2D eigenvalue weighted by atomic mass is 28.4. The van der Waals surface area contributed by atoms with Gasteiger partial charge in [-0.15, -0.1) is 0 Å². The van der Waals surface area contributed by atoms with Crippen molar-refractivity contribution < 1.29 is 28.2 Å². The van der Waals surface area contributed by atoms with Crippen LogP contribution in [0.25, 0.3) is 0 Å². The van der Waals surface area contributed by atoms with Gasteiger partial charge in [-0.2, -0.15) is 0 Å². The Morgan fingerprint density at radius 2 is 1.79 bits per heavy atom. The molecular weight excluding hydrogens is 376 g/mol. The molecule has 3 aliphatic rings. The molecule has 2 heterocycles. The van der Waals surface area contributed by atoms with E-state index in [0.29, 0.717) is 17.9 Å². The molecule has 0 amide bonds. The molecule has 0 radical (unpaired) electrons. The molecule has 3 atom stereocenters. The van der Waals surface area contributed by atoms with E-state index in [-0.39, 0.29) is 12.1 Å². The second kappa shape index (κ2) is 8.86. The molecule has 1 saturated heterocycles. The van der Waals surface area contributed by atoms with Gasteiger partial charge in [0.25, 0.3) is 0 Å². The van der Waals surface area contributed by atoms with Crippen molar-refractivity contribution in [3.8, 4) is 0 Å². The molecule has 3 rings (SSSR count). The first-order chi connectivity index (χ1) is 13.4. The lowest BCUT2D eigenvalue weighted by Gasteiger charge is -2.38. The number of hydrogen-bond acceptors (Lipinski definition) is 6. The number of rotatable bonds is 8. The van der Waals surface area contributed by atoms with E-state index in [9.17, 15) is 4.79 Å². The summed E-state index contributed by atoms with van der Waals surface area (Å²) in [6.07, 6.45) is 4.09.